The van der Waals surface area contributed by atoms with Crippen LogP contribution in [0.1, 0.15) is 61.9 Å². The van der Waals surface area contributed by atoms with Crippen molar-refractivity contribution in [2.75, 3.05) is 0 Å². The first-order valence-corrected chi connectivity index (χ1v) is 8.07. The molecular formula is C16H24F3N3O. The zero-order chi connectivity index (χ0) is 17.2. The van der Waals surface area contributed by atoms with Crippen LogP contribution in [0, 0.1) is 19.8 Å². The number of amides is 1. The summed E-state index contributed by atoms with van der Waals surface area (Å²) in [6.07, 6.45) is -2.28. The first-order chi connectivity index (χ1) is 10.7. The normalized spacial score (nSPS) is 23.6. The molecule has 4 nitrogen and oxygen atoms in total. The van der Waals surface area contributed by atoms with Gasteiger partial charge in [0, 0.05) is 18.2 Å². The highest BCUT2D eigenvalue weighted by Crippen LogP contribution is 2.38. The molecule has 0 radical (unpaired) electrons. The Kier molecular flexibility index (Phi) is 5.37. The smallest absolute Gasteiger partial charge is 0.353 e. The number of hydrogen-bond acceptors (Lipinski definition) is 2. The molecule has 1 amide bonds. The highest BCUT2D eigenvalue weighted by Gasteiger charge is 2.45. The Morgan fingerprint density at radius 1 is 1.35 bits per heavy atom. The number of rotatable bonds is 4. The molecule has 1 aliphatic carbocycles. The zero-order valence-corrected chi connectivity index (χ0v) is 13.8. The maximum absolute atomic E-state index is 13.1. The van der Waals surface area contributed by atoms with Gasteiger partial charge in [0.05, 0.1) is 11.6 Å². The van der Waals surface area contributed by atoms with Crippen LogP contribution >= 0.6 is 0 Å². The molecule has 0 saturated heterocycles. The molecule has 0 bridgehead atoms. The fraction of sp³-hybridized carbons (Fsp3) is 0.750. The number of halogens is 3. The van der Waals surface area contributed by atoms with Crippen LogP contribution in [0.25, 0.3) is 0 Å². The van der Waals surface area contributed by atoms with Crippen LogP contribution in [0.5, 0.6) is 0 Å². The largest absolute Gasteiger partial charge is 0.393 e. The topological polar surface area (TPSA) is 57.8 Å². The average molecular weight is 331 g/mol. The monoisotopic (exact) mass is 331 g/mol. The first kappa shape index (κ1) is 17.8. The second-order valence-electron chi connectivity index (χ2n) is 6.56. The number of alkyl halides is 3. The van der Waals surface area contributed by atoms with Gasteiger partial charge in [0.1, 0.15) is 0 Å². The predicted molar refractivity (Wildman–Crippen MR) is 81.0 cm³/mol. The lowest BCUT2D eigenvalue weighted by atomic mass is 9.83. The van der Waals surface area contributed by atoms with Gasteiger partial charge >= 0.3 is 6.18 Å². The molecule has 1 aliphatic rings. The quantitative estimate of drug-likeness (QED) is 0.882. The lowest BCUT2D eigenvalue weighted by molar-refractivity contribution is -0.189. The molecule has 1 saturated carbocycles. The van der Waals surface area contributed by atoms with Gasteiger partial charge in [-0.15, -0.1) is 0 Å². The summed E-state index contributed by atoms with van der Waals surface area (Å²) >= 11 is 0. The SMILES string of the molecule is Cc1n[nH]c(C)c1[C@H](C)CC(=O)N[C@H]1CCCC[C@H]1C(F)(F)F. The van der Waals surface area contributed by atoms with Gasteiger partial charge in [0.15, 0.2) is 0 Å². The third-order valence-corrected chi connectivity index (χ3v) is 4.70. The van der Waals surface area contributed by atoms with Crippen LogP contribution < -0.4 is 5.32 Å². The predicted octanol–water partition coefficient (Wildman–Crippen LogP) is 3.76. The summed E-state index contributed by atoms with van der Waals surface area (Å²) in [5.41, 5.74) is 2.69. The Morgan fingerprint density at radius 3 is 2.57 bits per heavy atom. The molecule has 2 rings (SSSR count). The summed E-state index contributed by atoms with van der Waals surface area (Å²) in [7, 11) is 0. The standard InChI is InChI=1S/C16H24F3N3O/c1-9(15-10(2)21-22-11(15)3)8-14(23)20-13-7-5-4-6-12(13)16(17,18)19/h9,12-13H,4-8H2,1-3H3,(H,20,23)(H,21,22)/t9-,12-,13+/m1/s1. The molecule has 1 fully saturated rings. The van der Waals surface area contributed by atoms with Gasteiger partial charge in [-0.1, -0.05) is 19.8 Å². The maximum Gasteiger partial charge on any atom is 0.393 e. The van der Waals surface area contributed by atoms with E-state index in [1.807, 2.05) is 20.8 Å². The van der Waals surface area contributed by atoms with Crippen molar-refractivity contribution in [1.29, 1.82) is 0 Å². The molecule has 0 aliphatic heterocycles. The van der Waals surface area contributed by atoms with Crippen molar-refractivity contribution in [2.45, 2.75) is 71.0 Å². The third-order valence-electron chi connectivity index (χ3n) is 4.70. The van der Waals surface area contributed by atoms with Crippen molar-refractivity contribution >= 4 is 5.91 Å². The van der Waals surface area contributed by atoms with Crippen LogP contribution in [-0.4, -0.2) is 28.3 Å². The molecule has 130 valence electrons. The van der Waals surface area contributed by atoms with Gasteiger partial charge in [0.25, 0.3) is 0 Å². The molecule has 2 N–H and O–H groups in total. The summed E-state index contributed by atoms with van der Waals surface area (Å²) in [6, 6.07) is -0.796. The molecule has 3 atom stereocenters. The minimum atomic E-state index is -4.25. The van der Waals surface area contributed by atoms with E-state index in [2.05, 4.69) is 15.5 Å². The number of nitrogens with zero attached hydrogens (tertiary/aromatic N) is 1. The summed E-state index contributed by atoms with van der Waals surface area (Å²) in [6.45, 7) is 5.63. The Bertz CT molecular complexity index is 534. The molecule has 1 aromatic heterocycles. The van der Waals surface area contributed by atoms with Crippen molar-refractivity contribution in [3.05, 3.63) is 17.0 Å². The van der Waals surface area contributed by atoms with E-state index in [-0.39, 0.29) is 24.7 Å². The number of carbonyl (C=O) groups is 1. The van der Waals surface area contributed by atoms with E-state index in [9.17, 15) is 18.0 Å². The van der Waals surface area contributed by atoms with Crippen LogP contribution in [0.15, 0.2) is 0 Å². The minimum Gasteiger partial charge on any atom is -0.353 e. The second kappa shape index (κ2) is 6.93. The van der Waals surface area contributed by atoms with Gasteiger partial charge in [-0.25, -0.2) is 0 Å². The van der Waals surface area contributed by atoms with E-state index in [1.54, 1.807) is 0 Å². The van der Waals surface area contributed by atoms with Crippen molar-refractivity contribution in [3.63, 3.8) is 0 Å². The second-order valence-corrected chi connectivity index (χ2v) is 6.56. The van der Waals surface area contributed by atoms with Gasteiger partial charge in [-0.05, 0) is 38.2 Å². The lowest BCUT2D eigenvalue weighted by Crippen LogP contribution is -2.47. The third kappa shape index (κ3) is 4.26. The van der Waals surface area contributed by atoms with Crippen LogP contribution in [0.3, 0.4) is 0 Å². The molecular weight excluding hydrogens is 307 g/mol. The van der Waals surface area contributed by atoms with Crippen molar-refractivity contribution < 1.29 is 18.0 Å². The number of hydrogen-bond donors (Lipinski definition) is 2. The Morgan fingerprint density at radius 2 is 2.00 bits per heavy atom. The average Bonchev–Trinajstić information content (AvgIpc) is 2.77. The summed E-state index contributed by atoms with van der Waals surface area (Å²) in [5, 5.41) is 9.59. The molecule has 1 heterocycles. The number of aryl methyl sites for hydroxylation is 2. The van der Waals surface area contributed by atoms with E-state index in [0.717, 1.165) is 23.4 Å². The number of H-pyrrole nitrogens is 1. The van der Waals surface area contributed by atoms with E-state index < -0.39 is 18.1 Å². The Hall–Kier alpha value is -1.53. The maximum atomic E-state index is 13.1. The van der Waals surface area contributed by atoms with Gasteiger partial charge in [0.2, 0.25) is 5.91 Å². The molecule has 7 heteroatoms. The molecule has 23 heavy (non-hydrogen) atoms. The number of nitrogens with one attached hydrogen (secondary N) is 2. The Balaban J connectivity index is 1.98. The number of aromatic nitrogens is 2. The van der Waals surface area contributed by atoms with Gasteiger partial charge < -0.3 is 5.32 Å². The molecule has 0 unspecified atom stereocenters. The summed E-state index contributed by atoms with van der Waals surface area (Å²) in [4.78, 5) is 12.2. The summed E-state index contributed by atoms with van der Waals surface area (Å²) < 4.78 is 39.2. The zero-order valence-electron chi connectivity index (χ0n) is 13.8. The minimum absolute atomic E-state index is 0.0818. The van der Waals surface area contributed by atoms with Crippen LogP contribution in [0.4, 0.5) is 13.2 Å². The van der Waals surface area contributed by atoms with Crippen molar-refractivity contribution in [2.24, 2.45) is 5.92 Å². The van der Waals surface area contributed by atoms with Gasteiger partial charge in [-0.2, -0.15) is 18.3 Å². The van der Waals surface area contributed by atoms with Crippen molar-refractivity contribution in [1.82, 2.24) is 15.5 Å². The number of aromatic amines is 1. The van der Waals surface area contributed by atoms with Crippen molar-refractivity contribution in [3.8, 4) is 0 Å². The van der Waals surface area contributed by atoms with E-state index in [1.165, 1.54) is 0 Å². The number of carbonyl (C=O) groups excluding carboxylic acids is 1. The van der Waals surface area contributed by atoms with Gasteiger partial charge in [-0.3, -0.25) is 9.89 Å². The Labute approximate surface area is 134 Å². The first-order valence-electron chi connectivity index (χ1n) is 8.07. The van der Waals surface area contributed by atoms with Crippen LogP contribution in [0.2, 0.25) is 0 Å². The highest BCUT2D eigenvalue weighted by molar-refractivity contribution is 5.77. The lowest BCUT2D eigenvalue weighted by Gasteiger charge is -2.33. The fourth-order valence-electron chi connectivity index (χ4n) is 3.63. The molecule has 1 aromatic rings. The molecule has 0 spiro atoms. The van der Waals surface area contributed by atoms with E-state index >= 15 is 0 Å². The molecule has 0 aromatic carbocycles. The highest BCUT2D eigenvalue weighted by atomic mass is 19.4. The fourth-order valence-corrected chi connectivity index (χ4v) is 3.63. The van der Waals surface area contributed by atoms with E-state index in [4.69, 9.17) is 0 Å². The van der Waals surface area contributed by atoms with Crippen LogP contribution in [-0.2, 0) is 4.79 Å². The van der Waals surface area contributed by atoms with E-state index in [0.29, 0.717) is 12.8 Å². The summed E-state index contributed by atoms with van der Waals surface area (Å²) in [5.74, 6) is -1.83.